The molecule has 0 bridgehead atoms. The molecule has 2 aromatic rings. The lowest BCUT2D eigenvalue weighted by Gasteiger charge is -2.18. The van der Waals surface area contributed by atoms with Gasteiger partial charge in [0, 0.05) is 26.5 Å². The average molecular weight is 309 g/mol. The van der Waals surface area contributed by atoms with Crippen LogP contribution in [0.2, 0.25) is 0 Å². The second-order valence-corrected chi connectivity index (χ2v) is 6.14. The Balaban J connectivity index is 2.23. The van der Waals surface area contributed by atoms with E-state index in [0.29, 0.717) is 16.8 Å². The van der Waals surface area contributed by atoms with Crippen LogP contribution in [-0.4, -0.2) is 24.2 Å². The first-order valence-electron chi connectivity index (χ1n) is 6.00. The van der Waals surface area contributed by atoms with E-state index in [2.05, 4.69) is 20.8 Å². The number of nitrogen functional groups attached to an aromatic ring is 1. The molecule has 1 aromatic heterocycles. The minimum Gasteiger partial charge on any atom is -0.368 e. The second-order valence-electron chi connectivity index (χ2n) is 3.93. The third-order valence-electron chi connectivity index (χ3n) is 2.68. The van der Waals surface area contributed by atoms with Crippen molar-refractivity contribution in [3.05, 3.63) is 36.5 Å². The van der Waals surface area contributed by atoms with E-state index in [9.17, 15) is 4.57 Å². The summed E-state index contributed by atoms with van der Waals surface area (Å²) < 4.78 is 22.5. The van der Waals surface area contributed by atoms with Gasteiger partial charge in [-0.05, 0) is 12.1 Å². The van der Waals surface area contributed by atoms with Crippen LogP contribution in [0.25, 0.3) is 0 Å². The Morgan fingerprint density at radius 1 is 1.14 bits per heavy atom. The Morgan fingerprint density at radius 2 is 1.86 bits per heavy atom. The summed E-state index contributed by atoms with van der Waals surface area (Å²) in [6.45, 7) is 0. The van der Waals surface area contributed by atoms with E-state index < -0.39 is 7.60 Å². The summed E-state index contributed by atoms with van der Waals surface area (Å²) in [6, 6.07) is 8.56. The van der Waals surface area contributed by atoms with Crippen LogP contribution in [0, 0.1) is 0 Å². The molecule has 4 N–H and O–H groups in total. The molecule has 0 aliphatic rings. The smallest absolute Gasteiger partial charge is 0.362 e. The summed E-state index contributed by atoms with van der Waals surface area (Å²) >= 11 is 0. The maximum absolute atomic E-state index is 12.5. The highest BCUT2D eigenvalue weighted by Gasteiger charge is 2.27. The molecule has 0 aliphatic heterocycles. The number of nitrogens with zero attached hydrogens (tertiary/aromatic N) is 2. The van der Waals surface area contributed by atoms with Gasteiger partial charge >= 0.3 is 7.60 Å². The molecule has 21 heavy (non-hydrogen) atoms. The van der Waals surface area contributed by atoms with Crippen LogP contribution in [0.3, 0.4) is 0 Å². The summed E-state index contributed by atoms with van der Waals surface area (Å²) in [5.41, 5.74) is 11.8. The van der Waals surface area contributed by atoms with Gasteiger partial charge in [-0.2, -0.15) is 4.98 Å². The normalized spacial score (nSPS) is 11.1. The van der Waals surface area contributed by atoms with Gasteiger partial charge in [-0.25, -0.2) is 4.98 Å². The van der Waals surface area contributed by atoms with Gasteiger partial charge in [0.25, 0.3) is 0 Å². The number of hydrogen-bond acceptors (Lipinski definition) is 8. The van der Waals surface area contributed by atoms with E-state index in [0.717, 1.165) is 0 Å². The first kappa shape index (κ1) is 15.2. The molecule has 0 unspecified atom stereocenters. The third-order valence-corrected chi connectivity index (χ3v) is 4.62. The summed E-state index contributed by atoms with van der Waals surface area (Å²) in [5.74, 6) is 0.622. The predicted molar refractivity (Wildman–Crippen MR) is 81.4 cm³/mol. The minimum atomic E-state index is -3.36. The molecule has 0 saturated carbocycles. The van der Waals surface area contributed by atoms with E-state index in [1.807, 2.05) is 0 Å². The zero-order chi connectivity index (χ0) is 15.3. The molecule has 2 rings (SSSR count). The zero-order valence-corrected chi connectivity index (χ0v) is 12.5. The van der Waals surface area contributed by atoms with Gasteiger partial charge in [-0.15, -0.1) is 0 Å². The van der Waals surface area contributed by atoms with Crippen LogP contribution in [0.4, 0.5) is 17.5 Å². The number of nitrogens with one attached hydrogen (secondary N) is 2. The number of hydrogen-bond donors (Lipinski definition) is 3. The highest BCUT2D eigenvalue weighted by molar-refractivity contribution is 7.62. The monoisotopic (exact) mass is 309 g/mol. The van der Waals surface area contributed by atoms with Crippen molar-refractivity contribution in [2.75, 3.05) is 30.8 Å². The lowest BCUT2D eigenvalue weighted by Crippen LogP contribution is -2.19. The van der Waals surface area contributed by atoms with Crippen molar-refractivity contribution in [1.82, 2.24) is 9.97 Å². The Morgan fingerprint density at radius 3 is 2.52 bits per heavy atom. The summed E-state index contributed by atoms with van der Waals surface area (Å²) in [7, 11) is -0.696. The Bertz CT molecular complexity index is 659. The molecule has 0 amide bonds. The molecule has 112 valence electrons. The van der Waals surface area contributed by atoms with Crippen molar-refractivity contribution < 1.29 is 13.6 Å². The van der Waals surface area contributed by atoms with Crippen LogP contribution >= 0.6 is 7.60 Å². The van der Waals surface area contributed by atoms with Gasteiger partial charge < -0.3 is 14.8 Å². The highest BCUT2D eigenvalue weighted by atomic mass is 31.2. The van der Waals surface area contributed by atoms with Crippen LogP contribution in [0.15, 0.2) is 36.5 Å². The molecule has 9 heteroatoms. The zero-order valence-electron chi connectivity index (χ0n) is 11.6. The standard InChI is InChI=1S/C12H16N5O3P/c1-19-21(18,20-2)10-6-4-3-5-9(10)16-17-11-7-8-14-12(13)15-11/h3-8,16H,1-2H3,(H3,13,14,15,17). The number of hydrazine groups is 1. The highest BCUT2D eigenvalue weighted by Crippen LogP contribution is 2.46. The third kappa shape index (κ3) is 3.49. The van der Waals surface area contributed by atoms with E-state index in [1.165, 1.54) is 20.4 Å². The van der Waals surface area contributed by atoms with Gasteiger partial charge in [0.15, 0.2) is 0 Å². The van der Waals surface area contributed by atoms with E-state index in [1.54, 1.807) is 30.3 Å². The van der Waals surface area contributed by atoms with Gasteiger partial charge in [0.05, 0.1) is 11.0 Å². The van der Waals surface area contributed by atoms with Crippen molar-refractivity contribution in [2.24, 2.45) is 0 Å². The van der Waals surface area contributed by atoms with E-state index in [4.69, 9.17) is 14.8 Å². The van der Waals surface area contributed by atoms with Crippen LogP contribution in [0.5, 0.6) is 0 Å². The van der Waals surface area contributed by atoms with E-state index in [-0.39, 0.29) is 5.95 Å². The minimum absolute atomic E-state index is 0.148. The topological polar surface area (TPSA) is 111 Å². The lowest BCUT2D eigenvalue weighted by atomic mass is 10.3. The van der Waals surface area contributed by atoms with Crippen LogP contribution in [0.1, 0.15) is 0 Å². The summed E-state index contributed by atoms with van der Waals surface area (Å²) in [6.07, 6.45) is 1.52. The van der Waals surface area contributed by atoms with Crippen molar-refractivity contribution in [3.63, 3.8) is 0 Å². The maximum Gasteiger partial charge on any atom is 0.362 e. The van der Waals surface area contributed by atoms with Crippen molar-refractivity contribution >= 4 is 30.4 Å². The van der Waals surface area contributed by atoms with E-state index >= 15 is 0 Å². The molecule has 0 radical (unpaired) electrons. The molecule has 1 heterocycles. The van der Waals surface area contributed by atoms with Gasteiger partial charge in [-0.1, -0.05) is 12.1 Å². The molecule has 0 spiro atoms. The maximum atomic E-state index is 12.5. The fraction of sp³-hybridized carbons (Fsp3) is 0.167. The fourth-order valence-corrected chi connectivity index (χ4v) is 2.90. The molecule has 0 fully saturated rings. The summed E-state index contributed by atoms with van der Waals surface area (Å²) in [4.78, 5) is 7.77. The molecule has 0 atom stereocenters. The molecule has 1 aromatic carbocycles. The quantitative estimate of drug-likeness (QED) is 0.545. The first-order valence-corrected chi connectivity index (χ1v) is 7.55. The second kappa shape index (κ2) is 6.53. The molecule has 8 nitrogen and oxygen atoms in total. The Labute approximate surface area is 122 Å². The predicted octanol–water partition coefficient (Wildman–Crippen LogP) is 1.61. The SMILES string of the molecule is COP(=O)(OC)c1ccccc1NNc1ccnc(N)n1. The first-order chi connectivity index (χ1) is 10.1. The van der Waals surface area contributed by atoms with Crippen molar-refractivity contribution in [3.8, 4) is 0 Å². The van der Waals surface area contributed by atoms with Gasteiger partial charge in [0.2, 0.25) is 5.95 Å². The van der Waals surface area contributed by atoms with Crippen LogP contribution in [-0.2, 0) is 13.6 Å². The number of nitrogens with two attached hydrogens (primary N) is 1. The fourth-order valence-electron chi connectivity index (χ4n) is 1.66. The van der Waals surface area contributed by atoms with Crippen molar-refractivity contribution in [2.45, 2.75) is 0 Å². The number of rotatable bonds is 6. The van der Waals surface area contributed by atoms with Crippen LogP contribution < -0.4 is 21.9 Å². The Hall–Kier alpha value is -2.15. The number of benzene rings is 1. The largest absolute Gasteiger partial charge is 0.368 e. The van der Waals surface area contributed by atoms with Gasteiger partial charge in [0.1, 0.15) is 5.82 Å². The lowest BCUT2D eigenvalue weighted by molar-refractivity contribution is 0.287. The molecule has 0 aliphatic carbocycles. The summed E-state index contributed by atoms with van der Waals surface area (Å²) in [5, 5.41) is 0.407. The average Bonchev–Trinajstić information content (AvgIpc) is 2.52. The number of para-hydroxylation sites is 1. The van der Waals surface area contributed by atoms with Crippen molar-refractivity contribution in [1.29, 1.82) is 0 Å². The molecule has 0 saturated heterocycles. The van der Waals surface area contributed by atoms with Gasteiger partial charge in [-0.3, -0.25) is 15.4 Å². The Kier molecular flexibility index (Phi) is 4.74. The number of anilines is 3. The number of aromatic nitrogens is 2. The molecular weight excluding hydrogens is 293 g/mol. The molecular formula is C12H16N5O3P.